The number of piperidine rings is 1. The number of carbonyl (C=O) groups is 1. The monoisotopic (exact) mass is 398 g/mol. The SMILES string of the molecule is Cc1csc(NC(=O)N2CCC(CNc3ccccc3C(F)(F)F)CC2)n1. The van der Waals surface area contributed by atoms with Crippen LogP contribution in [-0.4, -0.2) is 35.5 Å². The number of rotatable bonds is 4. The standard InChI is InChI=1S/C18H21F3N4OS/c1-12-11-27-16(23-12)24-17(26)25-8-6-13(7-9-25)10-22-15-5-3-2-4-14(15)18(19,20)21/h2-5,11,13,22H,6-10H2,1H3,(H,23,24,26). The van der Waals surface area contributed by atoms with Gasteiger partial charge in [0.2, 0.25) is 0 Å². The number of carbonyl (C=O) groups excluding carboxylic acids is 1. The largest absolute Gasteiger partial charge is 0.418 e. The molecule has 2 amide bonds. The maximum absolute atomic E-state index is 13.0. The highest BCUT2D eigenvalue weighted by Crippen LogP contribution is 2.34. The molecule has 0 saturated carbocycles. The Kier molecular flexibility index (Phi) is 5.88. The fourth-order valence-corrected chi connectivity index (χ4v) is 3.74. The molecule has 2 aromatic rings. The first-order valence-electron chi connectivity index (χ1n) is 8.71. The van der Waals surface area contributed by atoms with Crippen LogP contribution in [-0.2, 0) is 6.18 Å². The number of urea groups is 1. The van der Waals surface area contributed by atoms with Gasteiger partial charge in [-0.25, -0.2) is 9.78 Å². The number of para-hydroxylation sites is 1. The van der Waals surface area contributed by atoms with E-state index in [1.54, 1.807) is 11.0 Å². The number of nitrogens with zero attached hydrogens (tertiary/aromatic N) is 2. The Bertz CT molecular complexity index is 785. The summed E-state index contributed by atoms with van der Waals surface area (Å²) in [4.78, 5) is 18.2. The number of benzene rings is 1. The minimum Gasteiger partial charge on any atom is -0.384 e. The molecule has 1 aromatic heterocycles. The molecule has 1 aliphatic rings. The number of aromatic nitrogens is 1. The Labute approximate surface area is 159 Å². The van der Waals surface area contributed by atoms with E-state index in [4.69, 9.17) is 0 Å². The predicted octanol–water partition coefficient (Wildman–Crippen LogP) is 4.83. The third-order valence-corrected chi connectivity index (χ3v) is 5.42. The van der Waals surface area contributed by atoms with Crippen LogP contribution >= 0.6 is 11.3 Å². The summed E-state index contributed by atoms with van der Waals surface area (Å²) in [5, 5.41) is 8.15. The molecule has 0 bridgehead atoms. The van der Waals surface area contributed by atoms with Gasteiger partial charge in [0, 0.05) is 30.7 Å². The van der Waals surface area contributed by atoms with E-state index in [0.717, 1.165) is 24.6 Å². The van der Waals surface area contributed by atoms with Gasteiger partial charge in [-0.15, -0.1) is 11.3 Å². The molecular formula is C18H21F3N4OS. The third kappa shape index (κ3) is 5.12. The van der Waals surface area contributed by atoms with E-state index in [0.29, 0.717) is 24.8 Å². The maximum Gasteiger partial charge on any atom is 0.418 e. The van der Waals surface area contributed by atoms with Crippen LogP contribution in [0.1, 0.15) is 24.1 Å². The molecule has 2 N–H and O–H groups in total. The van der Waals surface area contributed by atoms with Crippen molar-refractivity contribution >= 4 is 28.2 Å². The summed E-state index contributed by atoms with van der Waals surface area (Å²) in [7, 11) is 0. The molecule has 0 unspecified atom stereocenters. The lowest BCUT2D eigenvalue weighted by Crippen LogP contribution is -2.42. The minimum absolute atomic E-state index is 0.101. The Hall–Kier alpha value is -2.29. The summed E-state index contributed by atoms with van der Waals surface area (Å²) >= 11 is 1.38. The number of amides is 2. The van der Waals surface area contributed by atoms with Crippen molar-refractivity contribution in [3.05, 3.63) is 40.9 Å². The molecular weight excluding hydrogens is 377 g/mol. The van der Waals surface area contributed by atoms with Crippen molar-refractivity contribution in [3.63, 3.8) is 0 Å². The Morgan fingerprint density at radius 1 is 1.30 bits per heavy atom. The highest BCUT2D eigenvalue weighted by molar-refractivity contribution is 7.13. The number of nitrogens with one attached hydrogen (secondary N) is 2. The van der Waals surface area contributed by atoms with Gasteiger partial charge in [-0.3, -0.25) is 5.32 Å². The van der Waals surface area contributed by atoms with Crippen LogP contribution < -0.4 is 10.6 Å². The first-order chi connectivity index (χ1) is 12.8. The number of anilines is 2. The number of likely N-dealkylation sites (tertiary alicyclic amines) is 1. The molecule has 9 heteroatoms. The van der Waals surface area contributed by atoms with Crippen LogP contribution in [0, 0.1) is 12.8 Å². The number of aryl methyl sites for hydroxylation is 1. The Balaban J connectivity index is 1.48. The van der Waals surface area contributed by atoms with Crippen LogP contribution in [0.25, 0.3) is 0 Å². The van der Waals surface area contributed by atoms with Crippen LogP contribution in [0.15, 0.2) is 29.6 Å². The highest BCUT2D eigenvalue weighted by Gasteiger charge is 2.33. The van der Waals surface area contributed by atoms with Crippen molar-refractivity contribution in [1.29, 1.82) is 0 Å². The second-order valence-corrected chi connectivity index (χ2v) is 7.44. The molecule has 1 saturated heterocycles. The van der Waals surface area contributed by atoms with E-state index in [1.165, 1.54) is 23.5 Å². The van der Waals surface area contributed by atoms with Gasteiger partial charge in [-0.05, 0) is 37.8 Å². The maximum atomic E-state index is 13.0. The van der Waals surface area contributed by atoms with Gasteiger partial charge in [0.25, 0.3) is 0 Å². The van der Waals surface area contributed by atoms with Crippen molar-refractivity contribution in [2.45, 2.75) is 25.9 Å². The third-order valence-electron chi connectivity index (χ3n) is 4.55. The molecule has 3 rings (SSSR count). The van der Waals surface area contributed by atoms with Gasteiger partial charge in [-0.2, -0.15) is 13.2 Å². The lowest BCUT2D eigenvalue weighted by molar-refractivity contribution is -0.137. The summed E-state index contributed by atoms with van der Waals surface area (Å²) in [5.74, 6) is 0.220. The van der Waals surface area contributed by atoms with Crippen molar-refractivity contribution < 1.29 is 18.0 Å². The van der Waals surface area contributed by atoms with Gasteiger partial charge in [0.1, 0.15) is 0 Å². The average Bonchev–Trinajstić information content (AvgIpc) is 3.04. The second-order valence-electron chi connectivity index (χ2n) is 6.58. The number of hydrogen-bond acceptors (Lipinski definition) is 4. The van der Waals surface area contributed by atoms with E-state index >= 15 is 0 Å². The van der Waals surface area contributed by atoms with Gasteiger partial charge >= 0.3 is 12.2 Å². The smallest absolute Gasteiger partial charge is 0.384 e. The molecule has 5 nitrogen and oxygen atoms in total. The van der Waals surface area contributed by atoms with Crippen LogP contribution in [0.4, 0.5) is 28.8 Å². The van der Waals surface area contributed by atoms with E-state index < -0.39 is 11.7 Å². The molecule has 1 aromatic carbocycles. The zero-order valence-corrected chi connectivity index (χ0v) is 15.7. The Morgan fingerprint density at radius 3 is 2.63 bits per heavy atom. The summed E-state index contributed by atoms with van der Waals surface area (Å²) < 4.78 is 39.1. The topological polar surface area (TPSA) is 57.3 Å². The molecule has 1 aliphatic heterocycles. The first kappa shape index (κ1) is 19.5. The number of thiazole rings is 1. The quantitative estimate of drug-likeness (QED) is 0.776. The predicted molar refractivity (Wildman–Crippen MR) is 100 cm³/mol. The zero-order chi connectivity index (χ0) is 19.4. The van der Waals surface area contributed by atoms with Crippen LogP contribution in [0.2, 0.25) is 0 Å². The van der Waals surface area contributed by atoms with E-state index in [2.05, 4.69) is 15.6 Å². The van der Waals surface area contributed by atoms with E-state index in [9.17, 15) is 18.0 Å². The normalized spacial score (nSPS) is 15.6. The minimum atomic E-state index is -4.38. The molecule has 0 aliphatic carbocycles. The number of alkyl halides is 3. The fraction of sp³-hybridized carbons (Fsp3) is 0.444. The van der Waals surface area contributed by atoms with Crippen LogP contribution in [0.5, 0.6) is 0 Å². The van der Waals surface area contributed by atoms with Crippen molar-refractivity contribution in [2.24, 2.45) is 5.92 Å². The van der Waals surface area contributed by atoms with Gasteiger partial charge in [-0.1, -0.05) is 12.1 Å². The van der Waals surface area contributed by atoms with Gasteiger partial charge < -0.3 is 10.2 Å². The zero-order valence-electron chi connectivity index (χ0n) is 14.8. The summed E-state index contributed by atoms with van der Waals surface area (Å²) in [6.45, 7) is 3.46. The molecule has 0 atom stereocenters. The van der Waals surface area contributed by atoms with Gasteiger partial charge in [0.05, 0.1) is 11.3 Å². The lowest BCUT2D eigenvalue weighted by Gasteiger charge is -2.32. The van der Waals surface area contributed by atoms with Crippen molar-refractivity contribution in [3.8, 4) is 0 Å². The molecule has 146 valence electrons. The lowest BCUT2D eigenvalue weighted by atomic mass is 9.96. The van der Waals surface area contributed by atoms with Gasteiger partial charge in [0.15, 0.2) is 5.13 Å². The first-order valence-corrected chi connectivity index (χ1v) is 9.59. The number of halogens is 3. The summed E-state index contributed by atoms with van der Waals surface area (Å²) in [6, 6.07) is 5.31. The fourth-order valence-electron chi connectivity index (χ4n) is 3.06. The van der Waals surface area contributed by atoms with Crippen LogP contribution in [0.3, 0.4) is 0 Å². The Morgan fingerprint density at radius 2 is 2.00 bits per heavy atom. The molecule has 1 fully saturated rings. The molecule has 0 spiro atoms. The molecule has 27 heavy (non-hydrogen) atoms. The second kappa shape index (κ2) is 8.16. The van der Waals surface area contributed by atoms with E-state index in [1.807, 2.05) is 12.3 Å². The van der Waals surface area contributed by atoms with Crippen molar-refractivity contribution in [1.82, 2.24) is 9.88 Å². The average molecular weight is 398 g/mol. The summed E-state index contributed by atoms with van der Waals surface area (Å²) in [5.41, 5.74) is 0.309. The number of hydrogen-bond donors (Lipinski definition) is 2. The van der Waals surface area contributed by atoms with E-state index in [-0.39, 0.29) is 17.6 Å². The van der Waals surface area contributed by atoms with Crippen molar-refractivity contribution in [2.75, 3.05) is 30.3 Å². The molecule has 2 heterocycles. The molecule has 0 radical (unpaired) electrons. The highest BCUT2D eigenvalue weighted by atomic mass is 32.1. The summed E-state index contributed by atoms with van der Waals surface area (Å²) in [6.07, 6.45) is -2.89.